The van der Waals surface area contributed by atoms with Crippen LogP contribution in [-0.4, -0.2) is 31.0 Å². The van der Waals surface area contributed by atoms with Crippen LogP contribution in [0.15, 0.2) is 9.59 Å². The molecular weight excluding hydrogens is 391 g/mol. The van der Waals surface area contributed by atoms with Gasteiger partial charge in [0.15, 0.2) is 11.2 Å². The van der Waals surface area contributed by atoms with Crippen LogP contribution in [0.5, 0.6) is 0 Å². The van der Waals surface area contributed by atoms with E-state index in [0.717, 1.165) is 0 Å². The number of alkyl halides is 9. The summed E-state index contributed by atoms with van der Waals surface area (Å²) in [5, 5.41) is 0. The van der Waals surface area contributed by atoms with Gasteiger partial charge in [0.05, 0.1) is 0 Å². The number of hydrogen-bond donors (Lipinski definition) is 0. The second-order valence-electron chi connectivity index (χ2n) is 5.15. The molecule has 0 aliphatic carbocycles. The third-order valence-electron chi connectivity index (χ3n) is 3.16. The van der Waals surface area contributed by atoms with E-state index in [4.69, 9.17) is 0 Å². The molecule has 2 rings (SSSR count). The summed E-state index contributed by atoms with van der Waals surface area (Å²) in [6.45, 7) is -4.52. The molecule has 0 aliphatic rings. The molecule has 0 amide bonds. The first-order chi connectivity index (χ1) is 11.5. The smallest absolute Gasteiger partial charge is 0.305 e. The molecule has 0 aliphatic heterocycles. The van der Waals surface area contributed by atoms with Gasteiger partial charge in [-0.3, -0.25) is 9.36 Å². The van der Waals surface area contributed by atoms with Crippen molar-refractivity contribution in [3.8, 4) is 0 Å². The van der Waals surface area contributed by atoms with Crippen molar-refractivity contribution in [2.24, 2.45) is 7.05 Å². The molecule has 0 unspecified atom stereocenters. The molecular formula is C11H7F9N4O2. The largest absolute Gasteiger partial charge is 0.449 e. The molecule has 0 bridgehead atoms. The Labute approximate surface area is 136 Å². The van der Waals surface area contributed by atoms with Gasteiger partial charge in [0.25, 0.3) is 5.56 Å². The Kier molecular flexibility index (Phi) is 4.40. The van der Waals surface area contributed by atoms with E-state index in [2.05, 4.69) is 4.98 Å². The fourth-order valence-corrected chi connectivity index (χ4v) is 2.24. The molecule has 0 radical (unpaired) electrons. The molecule has 0 spiro atoms. The van der Waals surface area contributed by atoms with Crippen LogP contribution in [0.1, 0.15) is 5.82 Å². The maximum Gasteiger partial charge on any atom is 0.449 e. The lowest BCUT2D eigenvalue weighted by atomic mass is 10.4. The maximum absolute atomic E-state index is 13.0. The van der Waals surface area contributed by atoms with Crippen LogP contribution < -0.4 is 11.2 Å². The lowest BCUT2D eigenvalue weighted by Gasteiger charge is -2.14. The third-order valence-corrected chi connectivity index (χ3v) is 3.16. The van der Waals surface area contributed by atoms with Crippen LogP contribution in [0.4, 0.5) is 39.5 Å². The average Bonchev–Trinajstić information content (AvgIpc) is 2.77. The van der Waals surface area contributed by atoms with Gasteiger partial charge in [-0.2, -0.15) is 39.5 Å². The third kappa shape index (κ3) is 3.70. The van der Waals surface area contributed by atoms with Crippen LogP contribution in [0.2, 0.25) is 0 Å². The van der Waals surface area contributed by atoms with Gasteiger partial charge in [-0.1, -0.05) is 0 Å². The van der Waals surface area contributed by atoms with E-state index in [1.54, 1.807) is 0 Å². The zero-order valence-corrected chi connectivity index (χ0v) is 12.4. The van der Waals surface area contributed by atoms with Gasteiger partial charge in [-0.15, -0.1) is 0 Å². The first-order valence-corrected chi connectivity index (χ1v) is 6.43. The van der Waals surface area contributed by atoms with Crippen LogP contribution in [0.3, 0.4) is 0 Å². The number of imidazole rings is 1. The molecule has 0 atom stereocenters. The van der Waals surface area contributed by atoms with E-state index in [1.165, 1.54) is 0 Å². The summed E-state index contributed by atoms with van der Waals surface area (Å²) in [4.78, 5) is 26.7. The monoisotopic (exact) mass is 398 g/mol. The molecule has 2 aromatic rings. The van der Waals surface area contributed by atoms with Gasteiger partial charge in [0.1, 0.15) is 13.1 Å². The highest BCUT2D eigenvalue weighted by molar-refractivity contribution is 5.71. The van der Waals surface area contributed by atoms with E-state index in [-0.39, 0.29) is 4.57 Å². The van der Waals surface area contributed by atoms with E-state index < -0.39 is 69.0 Å². The van der Waals surface area contributed by atoms with Crippen molar-refractivity contribution in [1.82, 2.24) is 18.7 Å². The van der Waals surface area contributed by atoms with Crippen molar-refractivity contribution in [2.75, 3.05) is 0 Å². The number of aryl methyl sites for hydroxylation is 1. The summed E-state index contributed by atoms with van der Waals surface area (Å²) < 4.78 is 113. The van der Waals surface area contributed by atoms with Crippen LogP contribution in [0.25, 0.3) is 11.2 Å². The summed E-state index contributed by atoms with van der Waals surface area (Å²) in [5.74, 6) is -2.17. The van der Waals surface area contributed by atoms with Crippen LogP contribution in [0, 0.1) is 0 Å². The normalized spacial score (nSPS) is 13.6. The molecule has 0 aromatic carbocycles. The minimum atomic E-state index is -5.46. The predicted molar refractivity (Wildman–Crippen MR) is 66.3 cm³/mol. The molecule has 2 heterocycles. The fraction of sp³-hybridized carbons (Fsp3) is 0.545. The Balaban J connectivity index is 2.98. The summed E-state index contributed by atoms with van der Waals surface area (Å²) >= 11 is 0. The van der Waals surface area contributed by atoms with Crippen molar-refractivity contribution >= 4 is 11.2 Å². The highest BCUT2D eigenvalue weighted by Gasteiger charge is 2.42. The molecule has 0 saturated carbocycles. The van der Waals surface area contributed by atoms with Crippen molar-refractivity contribution < 1.29 is 39.5 Å². The molecule has 15 heteroatoms. The number of aromatic nitrogens is 4. The highest BCUT2D eigenvalue weighted by Crippen LogP contribution is 2.32. The molecule has 6 nitrogen and oxygen atoms in total. The number of rotatable bonds is 2. The predicted octanol–water partition coefficient (Wildman–Crippen LogP) is 2.04. The first kappa shape index (κ1) is 19.8. The summed E-state index contributed by atoms with van der Waals surface area (Å²) in [7, 11) is 0.683. The van der Waals surface area contributed by atoms with Gasteiger partial charge in [0, 0.05) is 7.05 Å². The van der Waals surface area contributed by atoms with Crippen molar-refractivity contribution in [1.29, 1.82) is 0 Å². The lowest BCUT2D eigenvalue weighted by molar-refractivity contribution is -0.160. The van der Waals surface area contributed by atoms with Crippen molar-refractivity contribution in [3.05, 3.63) is 26.7 Å². The Hall–Kier alpha value is -2.48. The topological polar surface area (TPSA) is 61.8 Å². The summed E-state index contributed by atoms with van der Waals surface area (Å²) in [6, 6.07) is 0. The summed E-state index contributed by atoms with van der Waals surface area (Å²) in [6.07, 6.45) is -15.8. The Bertz CT molecular complexity index is 958. The second-order valence-corrected chi connectivity index (χ2v) is 5.15. The second kappa shape index (κ2) is 5.77. The molecule has 26 heavy (non-hydrogen) atoms. The Morgan fingerprint density at radius 2 is 1.31 bits per heavy atom. The van der Waals surface area contributed by atoms with Crippen molar-refractivity contribution in [2.45, 2.75) is 31.6 Å². The van der Waals surface area contributed by atoms with Crippen LogP contribution in [-0.2, 0) is 26.3 Å². The quantitative estimate of drug-likeness (QED) is 0.728. The fourth-order valence-electron chi connectivity index (χ4n) is 2.24. The van der Waals surface area contributed by atoms with E-state index in [9.17, 15) is 49.1 Å². The van der Waals surface area contributed by atoms with Crippen LogP contribution >= 0.6 is 0 Å². The average molecular weight is 398 g/mol. The maximum atomic E-state index is 13.0. The number of hydrogen-bond acceptors (Lipinski definition) is 3. The first-order valence-electron chi connectivity index (χ1n) is 6.43. The van der Waals surface area contributed by atoms with Gasteiger partial charge in [0.2, 0.25) is 5.82 Å². The number of halogens is 9. The van der Waals surface area contributed by atoms with E-state index in [1.807, 2.05) is 0 Å². The highest BCUT2D eigenvalue weighted by atomic mass is 19.4. The van der Waals surface area contributed by atoms with Gasteiger partial charge in [-0.25, -0.2) is 14.3 Å². The van der Waals surface area contributed by atoms with E-state index >= 15 is 0 Å². The molecule has 2 aromatic heterocycles. The molecule has 0 N–H and O–H groups in total. The molecule has 0 fully saturated rings. The zero-order chi connectivity index (χ0) is 20.2. The van der Waals surface area contributed by atoms with Gasteiger partial charge < -0.3 is 4.57 Å². The van der Waals surface area contributed by atoms with Gasteiger partial charge in [-0.05, 0) is 0 Å². The molecule has 0 saturated heterocycles. The zero-order valence-electron chi connectivity index (χ0n) is 12.4. The Morgan fingerprint density at radius 1 is 0.846 bits per heavy atom. The number of fused-ring (bicyclic) bond motifs is 1. The Morgan fingerprint density at radius 3 is 1.73 bits per heavy atom. The van der Waals surface area contributed by atoms with E-state index in [0.29, 0.717) is 7.05 Å². The minimum Gasteiger partial charge on any atom is -0.305 e. The SMILES string of the molecule is Cn1c(=O)n(CC(F)(F)F)c(=O)c2c1nc(C(F)(F)F)n2CC(F)(F)F. The standard InChI is InChI=1S/C11H7F9N4O2/c1-22-5-4(6(25)24(8(22)26)3-10(15,16)17)23(2-9(12,13)14)7(21-5)11(18,19)20/h2-3H2,1H3. The molecule has 146 valence electrons. The minimum absolute atomic E-state index is 0.143. The number of nitrogens with zero attached hydrogens (tertiary/aromatic N) is 4. The van der Waals surface area contributed by atoms with Gasteiger partial charge >= 0.3 is 24.2 Å². The summed E-state index contributed by atoms with van der Waals surface area (Å²) in [5.41, 5.74) is -6.17. The van der Waals surface area contributed by atoms with Crippen molar-refractivity contribution in [3.63, 3.8) is 0 Å². The lowest BCUT2D eigenvalue weighted by Crippen LogP contribution is -2.43.